The van der Waals surface area contributed by atoms with E-state index in [1.807, 2.05) is 35.2 Å². The SMILES string of the molecule is CCCN(C(=O)c1cccc(CNc2cc(Oc3ccccc3)ccc2N)c1F)C1CCCCC1. The van der Waals surface area contributed by atoms with E-state index in [1.54, 1.807) is 36.4 Å². The molecule has 1 aliphatic carbocycles. The van der Waals surface area contributed by atoms with Crippen molar-refractivity contribution >= 4 is 17.3 Å². The lowest BCUT2D eigenvalue weighted by Crippen LogP contribution is -2.42. The fourth-order valence-corrected chi connectivity index (χ4v) is 4.69. The molecular weight excluding hydrogens is 441 g/mol. The number of para-hydroxylation sites is 1. The molecule has 0 aromatic heterocycles. The Kier molecular flexibility index (Phi) is 8.24. The van der Waals surface area contributed by atoms with Gasteiger partial charge in [0.05, 0.1) is 16.9 Å². The van der Waals surface area contributed by atoms with E-state index in [2.05, 4.69) is 12.2 Å². The number of nitrogen functional groups attached to an aromatic ring is 1. The normalized spacial score (nSPS) is 13.9. The summed E-state index contributed by atoms with van der Waals surface area (Å²) in [6.45, 7) is 2.90. The highest BCUT2D eigenvalue weighted by atomic mass is 19.1. The van der Waals surface area contributed by atoms with Crippen LogP contribution in [0.2, 0.25) is 0 Å². The average Bonchev–Trinajstić information content (AvgIpc) is 2.89. The monoisotopic (exact) mass is 475 g/mol. The molecule has 1 aliphatic rings. The zero-order valence-corrected chi connectivity index (χ0v) is 20.3. The van der Waals surface area contributed by atoms with Gasteiger partial charge in [-0.1, -0.05) is 56.5 Å². The minimum absolute atomic E-state index is 0.137. The Bertz CT molecular complexity index is 1130. The number of carbonyl (C=O) groups is 1. The number of halogens is 1. The van der Waals surface area contributed by atoms with Gasteiger partial charge in [-0.3, -0.25) is 4.79 Å². The third-order valence-electron chi connectivity index (χ3n) is 6.52. The summed E-state index contributed by atoms with van der Waals surface area (Å²) in [4.78, 5) is 15.3. The minimum atomic E-state index is -0.475. The zero-order chi connectivity index (χ0) is 24.6. The Hall–Kier alpha value is -3.54. The predicted octanol–water partition coefficient (Wildman–Crippen LogP) is 7.00. The summed E-state index contributed by atoms with van der Waals surface area (Å²) in [5, 5.41) is 3.21. The standard InChI is InChI=1S/C29H34FN3O2/c1-2-18-33(22-11-5-3-6-12-22)29(34)25-15-9-10-21(28(25)30)20-32-27-19-24(16-17-26(27)31)35-23-13-7-4-8-14-23/h4,7-10,13-17,19,22,32H,2-3,5-6,11-12,18,20,31H2,1H3. The second-order valence-electron chi connectivity index (χ2n) is 9.09. The number of anilines is 2. The highest BCUT2D eigenvalue weighted by molar-refractivity contribution is 5.95. The van der Waals surface area contributed by atoms with Gasteiger partial charge in [0.1, 0.15) is 17.3 Å². The number of benzene rings is 3. The molecule has 6 heteroatoms. The molecule has 5 nitrogen and oxygen atoms in total. The van der Waals surface area contributed by atoms with E-state index in [0.717, 1.165) is 37.9 Å². The Labute approximate surface area is 207 Å². The van der Waals surface area contributed by atoms with E-state index >= 15 is 4.39 Å². The van der Waals surface area contributed by atoms with Crippen LogP contribution in [-0.4, -0.2) is 23.4 Å². The summed E-state index contributed by atoms with van der Waals surface area (Å²) in [5.41, 5.74) is 7.88. The van der Waals surface area contributed by atoms with Gasteiger partial charge in [0.15, 0.2) is 0 Å². The van der Waals surface area contributed by atoms with Gasteiger partial charge in [0, 0.05) is 30.8 Å². The number of carbonyl (C=O) groups excluding carboxylic acids is 1. The molecule has 1 amide bonds. The van der Waals surface area contributed by atoms with Gasteiger partial charge in [-0.15, -0.1) is 0 Å². The van der Waals surface area contributed by atoms with Crippen LogP contribution in [0.3, 0.4) is 0 Å². The topological polar surface area (TPSA) is 67.6 Å². The minimum Gasteiger partial charge on any atom is -0.457 e. The molecule has 0 bridgehead atoms. The first-order chi connectivity index (χ1) is 17.1. The molecule has 3 N–H and O–H groups in total. The van der Waals surface area contributed by atoms with E-state index in [1.165, 1.54) is 6.42 Å². The van der Waals surface area contributed by atoms with Crippen molar-refractivity contribution in [2.24, 2.45) is 0 Å². The first-order valence-corrected chi connectivity index (χ1v) is 12.5. The van der Waals surface area contributed by atoms with Gasteiger partial charge < -0.3 is 20.7 Å². The molecule has 0 spiro atoms. The van der Waals surface area contributed by atoms with Crippen molar-refractivity contribution < 1.29 is 13.9 Å². The smallest absolute Gasteiger partial charge is 0.257 e. The van der Waals surface area contributed by atoms with Gasteiger partial charge in [-0.25, -0.2) is 4.39 Å². The van der Waals surface area contributed by atoms with Gasteiger partial charge in [0.2, 0.25) is 0 Å². The summed E-state index contributed by atoms with van der Waals surface area (Å²) in [6.07, 6.45) is 6.30. The maximum absolute atomic E-state index is 15.5. The molecule has 0 saturated heterocycles. The van der Waals surface area contributed by atoms with Gasteiger partial charge >= 0.3 is 0 Å². The van der Waals surface area contributed by atoms with E-state index in [0.29, 0.717) is 29.2 Å². The molecule has 35 heavy (non-hydrogen) atoms. The molecule has 0 aliphatic heterocycles. The van der Waals surface area contributed by atoms with Crippen LogP contribution in [0, 0.1) is 5.82 Å². The van der Waals surface area contributed by atoms with E-state index < -0.39 is 5.82 Å². The van der Waals surface area contributed by atoms with Gasteiger partial charge in [-0.2, -0.15) is 0 Å². The second-order valence-corrected chi connectivity index (χ2v) is 9.09. The molecule has 0 radical (unpaired) electrons. The van der Waals surface area contributed by atoms with Crippen molar-refractivity contribution in [2.75, 3.05) is 17.6 Å². The number of nitrogens with one attached hydrogen (secondary N) is 1. The molecule has 184 valence electrons. The van der Waals surface area contributed by atoms with Crippen molar-refractivity contribution in [3.8, 4) is 11.5 Å². The van der Waals surface area contributed by atoms with Crippen molar-refractivity contribution in [3.63, 3.8) is 0 Å². The molecule has 0 unspecified atom stereocenters. The summed E-state index contributed by atoms with van der Waals surface area (Å²) in [5.74, 6) is 0.656. The fourth-order valence-electron chi connectivity index (χ4n) is 4.69. The van der Waals surface area contributed by atoms with Crippen LogP contribution in [0.4, 0.5) is 15.8 Å². The molecule has 4 rings (SSSR count). The number of amides is 1. The van der Waals surface area contributed by atoms with Gasteiger partial charge in [-0.05, 0) is 49.6 Å². The summed E-state index contributed by atoms with van der Waals surface area (Å²) >= 11 is 0. The highest BCUT2D eigenvalue weighted by Crippen LogP contribution is 2.29. The van der Waals surface area contributed by atoms with Crippen molar-refractivity contribution in [1.29, 1.82) is 0 Å². The largest absolute Gasteiger partial charge is 0.457 e. The van der Waals surface area contributed by atoms with E-state index in [-0.39, 0.29) is 24.1 Å². The average molecular weight is 476 g/mol. The van der Waals surface area contributed by atoms with Crippen LogP contribution >= 0.6 is 0 Å². The quantitative estimate of drug-likeness (QED) is 0.327. The van der Waals surface area contributed by atoms with Crippen molar-refractivity contribution in [2.45, 2.75) is 58.0 Å². The lowest BCUT2D eigenvalue weighted by molar-refractivity contribution is 0.0629. The summed E-state index contributed by atoms with van der Waals surface area (Å²) in [7, 11) is 0. The Morgan fingerprint density at radius 3 is 2.54 bits per heavy atom. The second kappa shape index (κ2) is 11.7. The highest BCUT2D eigenvalue weighted by Gasteiger charge is 2.27. The van der Waals surface area contributed by atoms with Gasteiger partial charge in [0.25, 0.3) is 5.91 Å². The maximum atomic E-state index is 15.5. The molecular formula is C29H34FN3O2. The van der Waals surface area contributed by atoms with E-state index in [4.69, 9.17) is 10.5 Å². The van der Waals surface area contributed by atoms with E-state index in [9.17, 15) is 4.79 Å². The van der Waals surface area contributed by atoms with Crippen molar-refractivity contribution in [1.82, 2.24) is 4.90 Å². The third kappa shape index (κ3) is 6.13. The number of nitrogens with two attached hydrogens (primary N) is 1. The third-order valence-corrected chi connectivity index (χ3v) is 6.52. The summed E-state index contributed by atoms with van der Waals surface area (Å²) in [6, 6.07) is 20.0. The first-order valence-electron chi connectivity index (χ1n) is 12.5. The number of nitrogens with zero attached hydrogens (tertiary/aromatic N) is 1. The molecule has 3 aromatic rings. The number of hydrogen-bond donors (Lipinski definition) is 2. The lowest BCUT2D eigenvalue weighted by atomic mass is 9.93. The Balaban J connectivity index is 1.49. The number of hydrogen-bond acceptors (Lipinski definition) is 4. The zero-order valence-electron chi connectivity index (χ0n) is 20.3. The molecule has 0 atom stereocenters. The van der Waals surface area contributed by atoms with Crippen molar-refractivity contribution in [3.05, 3.63) is 83.7 Å². The predicted molar refractivity (Wildman–Crippen MR) is 139 cm³/mol. The van der Waals surface area contributed by atoms with Crippen LogP contribution in [0.1, 0.15) is 61.4 Å². The first kappa shape index (κ1) is 24.6. The van der Waals surface area contributed by atoms with Crippen LogP contribution < -0.4 is 15.8 Å². The molecule has 1 saturated carbocycles. The van der Waals surface area contributed by atoms with Crippen LogP contribution in [0.25, 0.3) is 0 Å². The molecule has 3 aromatic carbocycles. The fraction of sp³-hybridized carbons (Fsp3) is 0.345. The van der Waals surface area contributed by atoms with Crippen LogP contribution in [-0.2, 0) is 6.54 Å². The Morgan fingerprint density at radius 2 is 1.80 bits per heavy atom. The number of rotatable bonds is 9. The lowest BCUT2D eigenvalue weighted by Gasteiger charge is -2.34. The Morgan fingerprint density at radius 1 is 1.03 bits per heavy atom. The van der Waals surface area contributed by atoms with Crippen LogP contribution in [0.15, 0.2) is 66.7 Å². The number of ether oxygens (including phenoxy) is 1. The van der Waals surface area contributed by atoms with Crippen LogP contribution in [0.5, 0.6) is 11.5 Å². The molecule has 1 fully saturated rings. The summed E-state index contributed by atoms with van der Waals surface area (Å²) < 4.78 is 21.4. The molecule has 0 heterocycles. The maximum Gasteiger partial charge on any atom is 0.257 e.